The van der Waals surface area contributed by atoms with Gasteiger partial charge in [0, 0.05) is 12.4 Å². The van der Waals surface area contributed by atoms with Crippen molar-refractivity contribution in [2.45, 2.75) is 27.3 Å². The van der Waals surface area contributed by atoms with Gasteiger partial charge in [-0.1, -0.05) is 6.07 Å². The number of fused-ring (bicyclic) bond motifs is 2. The summed E-state index contributed by atoms with van der Waals surface area (Å²) in [4.78, 5) is 35.0. The third-order valence-electron chi connectivity index (χ3n) is 4.44. The summed E-state index contributed by atoms with van der Waals surface area (Å²) in [6, 6.07) is 3.96. The van der Waals surface area contributed by atoms with E-state index in [4.69, 9.17) is 4.74 Å². The van der Waals surface area contributed by atoms with Gasteiger partial charge in [0.05, 0.1) is 30.6 Å². The van der Waals surface area contributed by atoms with Gasteiger partial charge in [-0.05, 0) is 38.0 Å². The van der Waals surface area contributed by atoms with Crippen molar-refractivity contribution in [3.63, 3.8) is 0 Å². The van der Waals surface area contributed by atoms with Crippen molar-refractivity contribution in [3.8, 4) is 0 Å². The summed E-state index contributed by atoms with van der Waals surface area (Å²) >= 11 is 1.19. The minimum Gasteiger partial charge on any atom is -0.462 e. The van der Waals surface area contributed by atoms with Gasteiger partial charge in [0.15, 0.2) is 0 Å². The highest BCUT2D eigenvalue weighted by molar-refractivity contribution is 7.20. The number of nitrogens with zero attached hydrogens (tertiary/aromatic N) is 4. The molecule has 0 fully saturated rings. The minimum absolute atomic E-state index is 0.182. The van der Waals surface area contributed by atoms with E-state index in [0.717, 1.165) is 16.9 Å². The van der Waals surface area contributed by atoms with Gasteiger partial charge in [-0.3, -0.25) is 9.36 Å². The van der Waals surface area contributed by atoms with Crippen molar-refractivity contribution in [1.82, 2.24) is 18.9 Å². The largest absolute Gasteiger partial charge is 0.462 e. The maximum Gasteiger partial charge on any atom is 0.348 e. The van der Waals surface area contributed by atoms with E-state index in [1.54, 1.807) is 13.8 Å². The smallest absolute Gasteiger partial charge is 0.348 e. The molecule has 7 nitrogen and oxygen atoms in total. The van der Waals surface area contributed by atoms with E-state index in [1.807, 2.05) is 35.9 Å². The average molecular weight is 382 g/mol. The minimum atomic E-state index is -0.417. The molecule has 0 amide bonds. The number of ether oxygens (including phenoxy) is 1. The molecule has 4 aromatic heterocycles. The molecule has 4 heterocycles. The van der Waals surface area contributed by atoms with Crippen molar-refractivity contribution in [1.29, 1.82) is 0 Å². The van der Waals surface area contributed by atoms with Gasteiger partial charge in [0.2, 0.25) is 0 Å². The molecule has 8 heteroatoms. The van der Waals surface area contributed by atoms with E-state index in [0.29, 0.717) is 27.2 Å². The van der Waals surface area contributed by atoms with Crippen molar-refractivity contribution in [2.75, 3.05) is 6.61 Å². The Kier molecular flexibility index (Phi) is 4.27. The number of hydrogen-bond acceptors (Lipinski definition) is 6. The van der Waals surface area contributed by atoms with Crippen molar-refractivity contribution in [3.05, 3.63) is 62.9 Å². The Bertz CT molecular complexity index is 1240. The highest BCUT2D eigenvalue weighted by Gasteiger charge is 2.20. The summed E-state index contributed by atoms with van der Waals surface area (Å²) < 4.78 is 8.53. The maximum absolute atomic E-state index is 13.0. The summed E-state index contributed by atoms with van der Waals surface area (Å²) in [7, 11) is 0. The summed E-state index contributed by atoms with van der Waals surface area (Å²) in [6.45, 7) is 6.11. The molecule has 0 saturated heterocycles. The van der Waals surface area contributed by atoms with Crippen LogP contribution in [0.2, 0.25) is 0 Å². The van der Waals surface area contributed by atoms with E-state index >= 15 is 0 Å². The molecule has 0 atom stereocenters. The molecule has 0 N–H and O–H groups in total. The van der Waals surface area contributed by atoms with Crippen LogP contribution in [-0.4, -0.2) is 31.5 Å². The number of aromatic nitrogens is 4. The SMILES string of the molecule is CCOC(=O)c1sc2ncn(Cc3cn4cccc(C)c4n3)c(=O)c2c1C. The van der Waals surface area contributed by atoms with Crippen molar-refractivity contribution < 1.29 is 9.53 Å². The van der Waals surface area contributed by atoms with Crippen LogP contribution in [0.3, 0.4) is 0 Å². The van der Waals surface area contributed by atoms with E-state index in [2.05, 4.69) is 9.97 Å². The van der Waals surface area contributed by atoms with E-state index in [-0.39, 0.29) is 12.2 Å². The Hall–Kier alpha value is -3.00. The van der Waals surface area contributed by atoms with Gasteiger partial charge < -0.3 is 9.14 Å². The highest BCUT2D eigenvalue weighted by atomic mass is 32.1. The normalized spacial score (nSPS) is 11.4. The van der Waals surface area contributed by atoms with Gasteiger partial charge >= 0.3 is 5.97 Å². The first-order valence-corrected chi connectivity index (χ1v) is 9.40. The molecule has 0 aliphatic heterocycles. The van der Waals surface area contributed by atoms with Gasteiger partial charge in [-0.15, -0.1) is 11.3 Å². The molecule has 138 valence electrons. The van der Waals surface area contributed by atoms with E-state index in [9.17, 15) is 9.59 Å². The first-order valence-electron chi connectivity index (χ1n) is 8.58. The molecule has 0 unspecified atom stereocenters. The topological polar surface area (TPSA) is 78.5 Å². The van der Waals surface area contributed by atoms with Crippen LogP contribution in [0.25, 0.3) is 15.9 Å². The van der Waals surface area contributed by atoms with Crippen molar-refractivity contribution in [2.24, 2.45) is 0 Å². The van der Waals surface area contributed by atoms with E-state index < -0.39 is 5.97 Å². The van der Waals surface area contributed by atoms with Crippen LogP contribution >= 0.6 is 11.3 Å². The Morgan fingerprint density at radius 1 is 1.33 bits per heavy atom. The molecule has 0 aliphatic carbocycles. The third kappa shape index (κ3) is 2.91. The molecule has 27 heavy (non-hydrogen) atoms. The van der Waals surface area contributed by atoms with Crippen LogP contribution in [0.15, 0.2) is 35.6 Å². The predicted octanol–water partition coefficient (Wildman–Crippen LogP) is 2.95. The quantitative estimate of drug-likeness (QED) is 0.507. The predicted molar refractivity (Wildman–Crippen MR) is 104 cm³/mol. The number of pyridine rings is 1. The van der Waals surface area contributed by atoms with Gasteiger partial charge in [-0.2, -0.15) is 0 Å². The fraction of sp³-hybridized carbons (Fsp3) is 0.263. The molecule has 0 saturated carbocycles. The zero-order valence-corrected chi connectivity index (χ0v) is 16.0. The Morgan fingerprint density at radius 3 is 2.89 bits per heavy atom. The van der Waals surface area contributed by atoms with Gasteiger partial charge in [-0.25, -0.2) is 14.8 Å². The van der Waals surface area contributed by atoms with Crippen molar-refractivity contribution >= 4 is 33.2 Å². The van der Waals surface area contributed by atoms with Gasteiger partial charge in [0.1, 0.15) is 15.4 Å². The molecular formula is C19H18N4O3S. The number of carbonyl (C=O) groups excluding carboxylic acids is 1. The molecule has 0 aliphatic rings. The fourth-order valence-corrected chi connectivity index (χ4v) is 4.15. The number of aryl methyl sites for hydroxylation is 2. The monoisotopic (exact) mass is 382 g/mol. The maximum atomic E-state index is 13.0. The second kappa shape index (κ2) is 6.62. The van der Waals surface area contributed by atoms with Crippen LogP contribution < -0.4 is 5.56 Å². The second-order valence-electron chi connectivity index (χ2n) is 6.29. The summed E-state index contributed by atoms with van der Waals surface area (Å²) in [6.07, 6.45) is 5.34. The van der Waals surface area contributed by atoms with Crippen LogP contribution in [0.1, 0.15) is 33.4 Å². The second-order valence-corrected chi connectivity index (χ2v) is 7.29. The van der Waals surface area contributed by atoms with Gasteiger partial charge in [0.25, 0.3) is 5.56 Å². The number of thiophene rings is 1. The van der Waals surface area contributed by atoms with Crippen LogP contribution in [0.5, 0.6) is 0 Å². The summed E-state index contributed by atoms with van der Waals surface area (Å²) in [5.41, 5.74) is 3.14. The number of esters is 1. The average Bonchev–Trinajstić information content (AvgIpc) is 3.20. The lowest BCUT2D eigenvalue weighted by molar-refractivity contribution is 0.0531. The molecular weight excluding hydrogens is 364 g/mol. The molecule has 0 spiro atoms. The first kappa shape index (κ1) is 17.4. The molecule has 0 radical (unpaired) electrons. The zero-order chi connectivity index (χ0) is 19.1. The molecule has 0 aromatic carbocycles. The molecule has 4 aromatic rings. The molecule has 0 bridgehead atoms. The highest BCUT2D eigenvalue weighted by Crippen LogP contribution is 2.27. The number of carbonyl (C=O) groups is 1. The van der Waals surface area contributed by atoms with Crippen LogP contribution in [0, 0.1) is 13.8 Å². The fourth-order valence-electron chi connectivity index (χ4n) is 3.12. The lowest BCUT2D eigenvalue weighted by atomic mass is 10.2. The van der Waals surface area contributed by atoms with E-state index in [1.165, 1.54) is 22.2 Å². The Balaban J connectivity index is 1.77. The first-order chi connectivity index (χ1) is 13.0. The lowest BCUT2D eigenvalue weighted by Crippen LogP contribution is -2.21. The third-order valence-corrected chi connectivity index (χ3v) is 5.62. The van der Waals surface area contributed by atoms with Crippen LogP contribution in [-0.2, 0) is 11.3 Å². The Labute approximate surface area is 158 Å². The number of rotatable bonds is 4. The summed E-state index contributed by atoms with van der Waals surface area (Å²) in [5.74, 6) is -0.417. The Morgan fingerprint density at radius 2 is 2.15 bits per heavy atom. The standard InChI is InChI=1S/C19H18N4O3S/c1-4-26-19(25)15-12(3)14-17(27-15)20-10-23(18(14)24)9-13-8-22-7-5-6-11(2)16(22)21-13/h5-8,10H,4,9H2,1-3H3. The van der Waals surface area contributed by atoms with Crippen LogP contribution in [0.4, 0.5) is 0 Å². The zero-order valence-electron chi connectivity index (χ0n) is 15.2. The molecule has 4 rings (SSSR count). The lowest BCUT2D eigenvalue weighted by Gasteiger charge is -2.03. The number of hydrogen-bond donors (Lipinski definition) is 0. The summed E-state index contributed by atoms with van der Waals surface area (Å²) in [5, 5.41) is 0.463. The number of imidazole rings is 1.